The molecule has 2 nitrogen and oxygen atoms in total. The molecule has 1 aromatic heterocycles. The van der Waals surface area contributed by atoms with Crippen molar-refractivity contribution in [1.29, 1.82) is 0 Å². The minimum atomic E-state index is 0.669. The average Bonchev–Trinajstić information content (AvgIpc) is 2.72. The molecule has 1 aliphatic heterocycles. The smallest absolute Gasteiger partial charge is 0.0410 e. The fraction of sp³-hybridized carbons (Fsp3) is 0.462. The van der Waals surface area contributed by atoms with Gasteiger partial charge in [-0.05, 0) is 64.9 Å². The molecule has 16 heavy (non-hydrogen) atoms. The second kappa shape index (κ2) is 4.30. The van der Waals surface area contributed by atoms with Crippen LogP contribution >= 0.6 is 15.9 Å². The summed E-state index contributed by atoms with van der Waals surface area (Å²) in [6.07, 6.45) is 10.0. The minimum absolute atomic E-state index is 0.669. The van der Waals surface area contributed by atoms with Crippen molar-refractivity contribution in [2.75, 3.05) is 6.54 Å². The maximum Gasteiger partial charge on any atom is 0.0410 e. The van der Waals surface area contributed by atoms with E-state index >= 15 is 0 Å². The van der Waals surface area contributed by atoms with Gasteiger partial charge in [0.1, 0.15) is 0 Å². The van der Waals surface area contributed by atoms with Crippen LogP contribution in [0.5, 0.6) is 0 Å². The lowest BCUT2D eigenvalue weighted by molar-refractivity contribution is 0.348. The first-order chi connectivity index (χ1) is 7.83. The van der Waals surface area contributed by atoms with Crippen LogP contribution in [0.1, 0.15) is 24.8 Å². The van der Waals surface area contributed by atoms with Crippen LogP contribution in [0.25, 0.3) is 5.57 Å². The van der Waals surface area contributed by atoms with Gasteiger partial charge in [0.15, 0.2) is 0 Å². The summed E-state index contributed by atoms with van der Waals surface area (Å²) < 4.78 is 1.06. The second-order valence-corrected chi connectivity index (χ2v) is 5.57. The van der Waals surface area contributed by atoms with Crippen LogP contribution in [0.4, 0.5) is 0 Å². The van der Waals surface area contributed by atoms with Crippen molar-refractivity contribution in [3.05, 3.63) is 34.6 Å². The van der Waals surface area contributed by atoms with E-state index in [1.807, 2.05) is 12.4 Å². The fourth-order valence-corrected chi connectivity index (χ4v) is 3.13. The maximum atomic E-state index is 4.24. The van der Waals surface area contributed by atoms with Gasteiger partial charge in [0.25, 0.3) is 0 Å². The molecule has 2 aliphatic rings. The summed E-state index contributed by atoms with van der Waals surface area (Å²) >= 11 is 3.48. The highest BCUT2D eigenvalue weighted by Gasteiger charge is 2.29. The lowest BCUT2D eigenvalue weighted by atomic mass is 9.94. The van der Waals surface area contributed by atoms with Crippen molar-refractivity contribution < 1.29 is 0 Å². The lowest BCUT2D eigenvalue weighted by Crippen LogP contribution is -2.37. The number of pyridine rings is 1. The molecular formula is C13H15BrN2. The van der Waals surface area contributed by atoms with Crippen LogP contribution in [0, 0.1) is 5.92 Å². The Bertz CT molecular complexity index is 428. The Hall–Kier alpha value is -0.670. The Balaban J connectivity index is 1.86. The van der Waals surface area contributed by atoms with E-state index < -0.39 is 0 Å². The first kappa shape index (κ1) is 10.5. The van der Waals surface area contributed by atoms with Gasteiger partial charge >= 0.3 is 0 Å². The van der Waals surface area contributed by atoms with E-state index in [2.05, 4.69) is 38.4 Å². The Morgan fingerprint density at radius 3 is 3.12 bits per heavy atom. The summed E-state index contributed by atoms with van der Waals surface area (Å²) in [6, 6.07) is 2.83. The number of hydrogen-bond donors (Lipinski definition) is 1. The van der Waals surface area contributed by atoms with Crippen molar-refractivity contribution in [2.24, 2.45) is 5.92 Å². The third-order valence-corrected chi connectivity index (χ3v) is 4.00. The minimum Gasteiger partial charge on any atom is -0.313 e. The Morgan fingerprint density at radius 2 is 2.31 bits per heavy atom. The molecule has 3 rings (SSSR count). The number of rotatable bonds is 1. The molecule has 0 amide bonds. The topological polar surface area (TPSA) is 24.9 Å². The normalized spacial score (nSPS) is 28.7. The Kier molecular flexibility index (Phi) is 2.82. The zero-order valence-corrected chi connectivity index (χ0v) is 10.7. The van der Waals surface area contributed by atoms with E-state index in [4.69, 9.17) is 0 Å². The first-order valence-electron chi connectivity index (χ1n) is 5.88. The fourth-order valence-electron chi connectivity index (χ4n) is 2.77. The maximum absolute atomic E-state index is 4.24. The van der Waals surface area contributed by atoms with Gasteiger partial charge in [-0.25, -0.2) is 0 Å². The number of aromatic nitrogens is 1. The molecule has 1 aromatic rings. The van der Waals surface area contributed by atoms with Crippen molar-refractivity contribution in [1.82, 2.24) is 10.3 Å². The first-order valence-corrected chi connectivity index (χ1v) is 6.67. The van der Waals surface area contributed by atoms with E-state index in [0.717, 1.165) is 16.8 Å². The average molecular weight is 279 g/mol. The summed E-state index contributed by atoms with van der Waals surface area (Å²) in [7, 11) is 0. The number of halogens is 1. The standard InChI is InChI=1S/C13H15BrN2/c14-12-5-11(7-15-8-12)10-4-9-2-1-3-16-13(9)6-10/h4-5,7-9,13,16H,1-3,6H2/t9-,13+/m1/s1. The molecule has 0 aromatic carbocycles. The van der Waals surface area contributed by atoms with Crippen LogP contribution in [0.3, 0.4) is 0 Å². The molecule has 1 saturated heterocycles. The van der Waals surface area contributed by atoms with E-state index in [-0.39, 0.29) is 0 Å². The quantitative estimate of drug-likeness (QED) is 0.854. The summed E-state index contributed by atoms with van der Waals surface area (Å²) in [6.45, 7) is 1.18. The predicted octanol–water partition coefficient (Wildman–Crippen LogP) is 3.00. The second-order valence-electron chi connectivity index (χ2n) is 4.65. The largest absolute Gasteiger partial charge is 0.313 e. The van der Waals surface area contributed by atoms with Crippen LogP contribution in [0.15, 0.2) is 29.0 Å². The van der Waals surface area contributed by atoms with Gasteiger partial charge in [-0.15, -0.1) is 0 Å². The molecule has 2 heterocycles. The zero-order valence-electron chi connectivity index (χ0n) is 9.12. The molecule has 0 spiro atoms. The summed E-state index contributed by atoms with van der Waals surface area (Å²) in [4.78, 5) is 4.24. The molecular weight excluding hydrogens is 264 g/mol. The molecule has 3 heteroatoms. The van der Waals surface area contributed by atoms with E-state index in [1.165, 1.54) is 30.5 Å². The Labute approximate surface area is 104 Å². The van der Waals surface area contributed by atoms with Gasteiger partial charge < -0.3 is 5.32 Å². The molecule has 84 valence electrons. The third kappa shape index (κ3) is 1.94. The number of hydrogen-bond acceptors (Lipinski definition) is 2. The number of nitrogens with zero attached hydrogens (tertiary/aromatic N) is 1. The van der Waals surface area contributed by atoms with Gasteiger partial charge in [0.2, 0.25) is 0 Å². The molecule has 1 fully saturated rings. The highest BCUT2D eigenvalue weighted by Crippen LogP contribution is 2.36. The van der Waals surface area contributed by atoms with Crippen LogP contribution in [0.2, 0.25) is 0 Å². The number of piperidine rings is 1. The summed E-state index contributed by atoms with van der Waals surface area (Å²) in [5.74, 6) is 0.739. The summed E-state index contributed by atoms with van der Waals surface area (Å²) in [5.41, 5.74) is 2.73. The van der Waals surface area contributed by atoms with Gasteiger partial charge in [0, 0.05) is 22.9 Å². The third-order valence-electron chi connectivity index (χ3n) is 3.57. The Morgan fingerprint density at radius 1 is 1.38 bits per heavy atom. The van der Waals surface area contributed by atoms with Crippen LogP contribution in [-0.2, 0) is 0 Å². The molecule has 0 radical (unpaired) electrons. The van der Waals surface area contributed by atoms with Crippen molar-refractivity contribution in [2.45, 2.75) is 25.3 Å². The molecule has 0 bridgehead atoms. The van der Waals surface area contributed by atoms with Crippen LogP contribution in [-0.4, -0.2) is 17.6 Å². The molecule has 0 saturated carbocycles. The molecule has 1 aliphatic carbocycles. The van der Waals surface area contributed by atoms with Gasteiger partial charge in [0.05, 0.1) is 0 Å². The molecule has 1 N–H and O–H groups in total. The van der Waals surface area contributed by atoms with Crippen LogP contribution < -0.4 is 5.32 Å². The highest BCUT2D eigenvalue weighted by molar-refractivity contribution is 9.10. The SMILES string of the molecule is Brc1cncc(C2=C[C@H]3CCCN[C@H]3C2)c1. The number of fused-ring (bicyclic) bond motifs is 1. The van der Waals surface area contributed by atoms with Gasteiger partial charge in [-0.1, -0.05) is 6.08 Å². The van der Waals surface area contributed by atoms with Crippen molar-refractivity contribution in [3.63, 3.8) is 0 Å². The predicted molar refractivity (Wildman–Crippen MR) is 69.0 cm³/mol. The highest BCUT2D eigenvalue weighted by atomic mass is 79.9. The van der Waals surface area contributed by atoms with Crippen molar-refractivity contribution in [3.8, 4) is 0 Å². The van der Waals surface area contributed by atoms with E-state index in [1.54, 1.807) is 0 Å². The molecule has 0 unspecified atom stereocenters. The van der Waals surface area contributed by atoms with Gasteiger partial charge in [-0.3, -0.25) is 4.98 Å². The molecule has 2 atom stereocenters. The van der Waals surface area contributed by atoms with E-state index in [0.29, 0.717) is 6.04 Å². The van der Waals surface area contributed by atoms with E-state index in [9.17, 15) is 0 Å². The van der Waals surface area contributed by atoms with Gasteiger partial charge in [-0.2, -0.15) is 0 Å². The van der Waals surface area contributed by atoms with Crippen molar-refractivity contribution >= 4 is 21.5 Å². The monoisotopic (exact) mass is 278 g/mol. The lowest BCUT2D eigenvalue weighted by Gasteiger charge is -2.25. The zero-order chi connectivity index (χ0) is 11.0. The number of nitrogens with one attached hydrogen (secondary N) is 1. The summed E-state index contributed by atoms with van der Waals surface area (Å²) in [5, 5.41) is 3.61.